The SMILES string of the molecule is COC(OC)C1CCN(c2ccc(C3=CCCc4cc(OCc5ccccc5)ccc43)cc2)CC1. The van der Waals surface area contributed by atoms with E-state index >= 15 is 0 Å². The fourth-order valence-corrected chi connectivity index (χ4v) is 5.39. The van der Waals surface area contributed by atoms with E-state index in [0.717, 1.165) is 44.5 Å². The third-order valence-electron chi connectivity index (χ3n) is 7.31. The summed E-state index contributed by atoms with van der Waals surface area (Å²) in [4.78, 5) is 2.47. The number of ether oxygens (including phenoxy) is 3. The Labute approximate surface area is 209 Å². The summed E-state index contributed by atoms with van der Waals surface area (Å²) < 4.78 is 17.0. The van der Waals surface area contributed by atoms with Gasteiger partial charge in [-0.05, 0) is 77.8 Å². The van der Waals surface area contributed by atoms with Gasteiger partial charge >= 0.3 is 0 Å². The van der Waals surface area contributed by atoms with Crippen molar-refractivity contribution in [2.24, 2.45) is 5.92 Å². The van der Waals surface area contributed by atoms with Gasteiger partial charge in [-0.2, -0.15) is 0 Å². The number of allylic oxidation sites excluding steroid dienone is 1. The summed E-state index contributed by atoms with van der Waals surface area (Å²) >= 11 is 0. The Hall–Kier alpha value is -3.08. The van der Waals surface area contributed by atoms with E-state index < -0.39 is 0 Å². The summed E-state index contributed by atoms with van der Waals surface area (Å²) in [5.41, 5.74) is 7.77. The molecular weight excluding hydrogens is 434 g/mol. The highest BCUT2D eigenvalue weighted by molar-refractivity contribution is 5.83. The number of fused-ring (bicyclic) bond motifs is 1. The van der Waals surface area contributed by atoms with Gasteiger partial charge in [0.2, 0.25) is 0 Å². The minimum absolute atomic E-state index is 0.0953. The zero-order valence-corrected chi connectivity index (χ0v) is 20.8. The van der Waals surface area contributed by atoms with Gasteiger partial charge < -0.3 is 19.1 Å². The highest BCUT2D eigenvalue weighted by Gasteiger charge is 2.26. The van der Waals surface area contributed by atoms with Gasteiger partial charge in [0.15, 0.2) is 6.29 Å². The number of nitrogens with zero attached hydrogens (tertiary/aromatic N) is 1. The number of benzene rings is 3. The highest BCUT2D eigenvalue weighted by Crippen LogP contribution is 2.35. The number of piperidine rings is 1. The number of hydrogen-bond donors (Lipinski definition) is 0. The molecule has 0 aromatic heterocycles. The second-order valence-electron chi connectivity index (χ2n) is 9.46. The van der Waals surface area contributed by atoms with Crippen molar-refractivity contribution in [2.75, 3.05) is 32.2 Å². The first-order valence-corrected chi connectivity index (χ1v) is 12.7. The Kier molecular flexibility index (Phi) is 7.51. The number of methoxy groups -OCH3 is 2. The molecule has 1 heterocycles. The Morgan fingerprint density at radius 2 is 1.63 bits per heavy atom. The predicted molar refractivity (Wildman–Crippen MR) is 142 cm³/mol. The monoisotopic (exact) mass is 469 g/mol. The van der Waals surface area contributed by atoms with Crippen LogP contribution in [0.3, 0.4) is 0 Å². The molecule has 4 nitrogen and oxygen atoms in total. The molecule has 0 saturated carbocycles. The van der Waals surface area contributed by atoms with E-state index in [9.17, 15) is 0 Å². The molecule has 1 aliphatic heterocycles. The molecular formula is C31H35NO3. The summed E-state index contributed by atoms with van der Waals surface area (Å²) in [6.45, 7) is 2.66. The van der Waals surface area contributed by atoms with Crippen LogP contribution < -0.4 is 9.64 Å². The maximum absolute atomic E-state index is 6.08. The lowest BCUT2D eigenvalue weighted by Gasteiger charge is -2.36. The topological polar surface area (TPSA) is 30.9 Å². The molecule has 0 unspecified atom stereocenters. The number of anilines is 1. The summed E-state index contributed by atoms with van der Waals surface area (Å²) in [6, 6.07) is 26.0. The van der Waals surface area contributed by atoms with Crippen molar-refractivity contribution in [3.8, 4) is 5.75 Å². The van der Waals surface area contributed by atoms with Crippen LogP contribution in [0.5, 0.6) is 5.75 Å². The molecule has 1 aliphatic carbocycles. The van der Waals surface area contributed by atoms with Gasteiger partial charge in [-0.1, -0.05) is 54.6 Å². The standard InChI is InChI=1S/C31H35NO3/c1-33-31(34-2)25-17-19-32(20-18-25)27-13-11-24(12-14-27)29-10-6-9-26-21-28(15-16-30(26)29)35-22-23-7-4-3-5-8-23/h3-5,7-8,10-16,21,25,31H,6,9,17-20,22H2,1-2H3. The molecule has 0 N–H and O–H groups in total. The van der Waals surface area contributed by atoms with Crippen molar-refractivity contribution >= 4 is 11.3 Å². The van der Waals surface area contributed by atoms with Crippen LogP contribution in [0.4, 0.5) is 5.69 Å². The van der Waals surface area contributed by atoms with Gasteiger partial charge in [0.1, 0.15) is 12.4 Å². The average molecular weight is 470 g/mol. The molecule has 0 amide bonds. The number of hydrogen-bond acceptors (Lipinski definition) is 4. The van der Waals surface area contributed by atoms with Crippen LogP contribution in [0.2, 0.25) is 0 Å². The van der Waals surface area contributed by atoms with Gasteiger partial charge in [-0.15, -0.1) is 0 Å². The highest BCUT2D eigenvalue weighted by atomic mass is 16.7. The Morgan fingerprint density at radius 3 is 2.34 bits per heavy atom. The van der Waals surface area contributed by atoms with E-state index in [1.807, 2.05) is 18.2 Å². The van der Waals surface area contributed by atoms with Crippen LogP contribution in [-0.4, -0.2) is 33.6 Å². The molecule has 5 rings (SSSR count). The van der Waals surface area contributed by atoms with E-state index in [0.29, 0.717) is 12.5 Å². The smallest absolute Gasteiger partial charge is 0.159 e. The minimum Gasteiger partial charge on any atom is -0.489 e. The van der Waals surface area contributed by atoms with Crippen LogP contribution >= 0.6 is 0 Å². The fourth-order valence-electron chi connectivity index (χ4n) is 5.39. The quantitative estimate of drug-likeness (QED) is 0.353. The summed E-state index contributed by atoms with van der Waals surface area (Å²) in [7, 11) is 3.46. The maximum Gasteiger partial charge on any atom is 0.159 e. The van der Waals surface area contributed by atoms with Gasteiger partial charge in [0, 0.05) is 38.9 Å². The summed E-state index contributed by atoms with van der Waals surface area (Å²) in [5, 5.41) is 0. The van der Waals surface area contributed by atoms with E-state index in [2.05, 4.69) is 65.6 Å². The molecule has 0 radical (unpaired) electrons. The van der Waals surface area contributed by atoms with Gasteiger partial charge in [-0.3, -0.25) is 0 Å². The normalized spacial score (nSPS) is 16.2. The molecule has 3 aromatic carbocycles. The zero-order chi connectivity index (χ0) is 24.0. The van der Waals surface area contributed by atoms with Crippen LogP contribution in [-0.2, 0) is 22.5 Å². The molecule has 4 heteroatoms. The van der Waals surface area contributed by atoms with Crippen LogP contribution in [0.25, 0.3) is 5.57 Å². The molecule has 0 atom stereocenters. The van der Waals surface area contributed by atoms with E-state index in [4.69, 9.17) is 14.2 Å². The molecule has 1 fully saturated rings. The third kappa shape index (κ3) is 5.44. The summed E-state index contributed by atoms with van der Waals surface area (Å²) in [5.74, 6) is 1.41. The average Bonchev–Trinajstić information content (AvgIpc) is 2.93. The van der Waals surface area contributed by atoms with E-state index in [1.165, 1.54) is 33.5 Å². The van der Waals surface area contributed by atoms with Crippen LogP contribution in [0.15, 0.2) is 78.9 Å². The predicted octanol–water partition coefficient (Wildman–Crippen LogP) is 6.48. The Balaban J connectivity index is 1.24. The molecule has 182 valence electrons. The van der Waals surface area contributed by atoms with Gasteiger partial charge in [0.25, 0.3) is 0 Å². The molecule has 2 aliphatic rings. The third-order valence-corrected chi connectivity index (χ3v) is 7.31. The lowest BCUT2D eigenvalue weighted by Crippen LogP contribution is -2.39. The Morgan fingerprint density at radius 1 is 0.886 bits per heavy atom. The van der Waals surface area contributed by atoms with E-state index in [1.54, 1.807) is 14.2 Å². The summed E-state index contributed by atoms with van der Waals surface area (Å²) in [6.07, 6.45) is 6.56. The molecule has 35 heavy (non-hydrogen) atoms. The van der Waals surface area contributed by atoms with E-state index in [-0.39, 0.29) is 6.29 Å². The van der Waals surface area contributed by atoms with Gasteiger partial charge in [0.05, 0.1) is 0 Å². The van der Waals surface area contributed by atoms with Crippen molar-refractivity contribution in [2.45, 2.75) is 38.6 Å². The largest absolute Gasteiger partial charge is 0.489 e. The van der Waals surface area contributed by atoms with Gasteiger partial charge in [-0.25, -0.2) is 0 Å². The van der Waals surface area contributed by atoms with Crippen molar-refractivity contribution in [1.29, 1.82) is 0 Å². The van der Waals surface area contributed by atoms with Crippen molar-refractivity contribution in [3.05, 3.63) is 101 Å². The van der Waals surface area contributed by atoms with Crippen LogP contribution in [0, 0.1) is 5.92 Å². The van der Waals surface area contributed by atoms with Crippen molar-refractivity contribution in [3.63, 3.8) is 0 Å². The number of aryl methyl sites for hydroxylation is 1. The fraction of sp³-hybridized carbons (Fsp3) is 0.355. The first-order chi connectivity index (χ1) is 17.2. The first-order valence-electron chi connectivity index (χ1n) is 12.7. The lowest BCUT2D eigenvalue weighted by atomic mass is 9.86. The van der Waals surface area contributed by atoms with Crippen molar-refractivity contribution < 1.29 is 14.2 Å². The molecule has 0 spiro atoms. The minimum atomic E-state index is -0.0953. The number of rotatable bonds is 8. The second kappa shape index (κ2) is 11.1. The Bertz CT molecular complexity index is 1130. The molecule has 3 aromatic rings. The maximum atomic E-state index is 6.08. The van der Waals surface area contributed by atoms with Crippen LogP contribution in [0.1, 0.15) is 41.5 Å². The lowest BCUT2D eigenvalue weighted by molar-refractivity contribution is -0.141. The first kappa shape index (κ1) is 23.7. The van der Waals surface area contributed by atoms with Crippen molar-refractivity contribution in [1.82, 2.24) is 0 Å². The molecule has 1 saturated heterocycles. The molecule has 0 bridgehead atoms. The zero-order valence-electron chi connectivity index (χ0n) is 20.8. The second-order valence-corrected chi connectivity index (χ2v) is 9.46.